The highest BCUT2D eigenvalue weighted by atomic mass is 127. The number of rotatable bonds is 8. The fraction of sp³-hybridized carbons (Fsp3) is 0.762. The molecule has 0 radical (unpaired) electrons. The van der Waals surface area contributed by atoms with E-state index in [1.807, 2.05) is 26.8 Å². The summed E-state index contributed by atoms with van der Waals surface area (Å²) in [4.78, 5) is 9.64. The molecule has 0 spiro atoms. The number of likely N-dealkylation sites (N-methyl/N-ethyl adjacent to an activating group) is 1. The molecule has 8 heteroatoms. The number of aryl methyl sites for hydroxylation is 2. The summed E-state index contributed by atoms with van der Waals surface area (Å²) in [6, 6.07) is 2.32. The zero-order chi connectivity index (χ0) is 20.7. The molecule has 1 aliphatic heterocycles. The van der Waals surface area contributed by atoms with Crippen molar-refractivity contribution in [3.63, 3.8) is 0 Å². The Morgan fingerprint density at radius 1 is 1.24 bits per heavy atom. The first-order chi connectivity index (χ1) is 13.3. The Morgan fingerprint density at radius 3 is 2.41 bits per heavy atom. The van der Waals surface area contributed by atoms with Crippen LogP contribution in [0.25, 0.3) is 0 Å². The van der Waals surface area contributed by atoms with Crippen molar-refractivity contribution in [3.8, 4) is 0 Å². The molecular weight excluding hydrogens is 481 g/mol. The topological polar surface area (TPSA) is 76.3 Å². The molecule has 1 aliphatic rings. The first-order valence-electron chi connectivity index (χ1n) is 10.5. The van der Waals surface area contributed by atoms with Gasteiger partial charge < -0.3 is 25.1 Å². The summed E-state index contributed by atoms with van der Waals surface area (Å²) < 4.78 is 5.57. The minimum atomic E-state index is -1.06. The summed E-state index contributed by atoms with van der Waals surface area (Å²) in [5.74, 6) is 2.29. The van der Waals surface area contributed by atoms with Gasteiger partial charge in [-0.1, -0.05) is 6.92 Å². The first-order valence-corrected chi connectivity index (χ1v) is 10.5. The highest BCUT2D eigenvalue weighted by Gasteiger charge is 2.27. The summed E-state index contributed by atoms with van der Waals surface area (Å²) in [6.07, 6.45) is 0. The number of halogens is 1. The number of aliphatic imine (C=N–C) groups is 1. The number of aliphatic hydroxyl groups is 1. The average molecular weight is 521 g/mol. The van der Waals surface area contributed by atoms with Crippen LogP contribution in [0.15, 0.2) is 15.5 Å². The maximum Gasteiger partial charge on any atom is 0.191 e. The lowest BCUT2D eigenvalue weighted by Gasteiger charge is -2.37. The third kappa shape index (κ3) is 7.73. The molecule has 0 aromatic carbocycles. The Kier molecular flexibility index (Phi) is 10.9. The molecule has 0 aliphatic carbocycles. The van der Waals surface area contributed by atoms with Crippen LogP contribution in [-0.2, 0) is 5.60 Å². The molecule has 2 rings (SSSR count). The summed E-state index contributed by atoms with van der Waals surface area (Å²) in [6.45, 7) is 19.6. The predicted octanol–water partition coefficient (Wildman–Crippen LogP) is 2.30. The van der Waals surface area contributed by atoms with E-state index in [1.54, 1.807) is 6.92 Å². The van der Waals surface area contributed by atoms with Gasteiger partial charge in [0.05, 0.1) is 6.54 Å². The second-order valence-electron chi connectivity index (χ2n) is 8.00. The molecule has 2 unspecified atom stereocenters. The Balaban J connectivity index is 0.00000420. The van der Waals surface area contributed by atoms with Gasteiger partial charge in [0.25, 0.3) is 0 Å². The monoisotopic (exact) mass is 521 g/mol. The Hall–Kier alpha value is -0.840. The number of hydrogen-bond donors (Lipinski definition) is 3. The predicted molar refractivity (Wildman–Crippen MR) is 130 cm³/mol. The average Bonchev–Trinajstić information content (AvgIpc) is 3.03. The number of nitrogens with zero attached hydrogens (tertiary/aromatic N) is 3. The Bertz CT molecular complexity index is 639. The largest absolute Gasteiger partial charge is 0.466 e. The minimum absolute atomic E-state index is 0. The normalized spacial score (nSPS) is 19.3. The molecule has 1 aromatic rings. The Morgan fingerprint density at radius 2 is 1.90 bits per heavy atom. The number of furan rings is 1. The fourth-order valence-electron chi connectivity index (χ4n) is 3.72. The number of nitrogens with one attached hydrogen (secondary N) is 2. The van der Waals surface area contributed by atoms with Crippen LogP contribution in [0.2, 0.25) is 0 Å². The standard InChI is InChI=1S/C21H39N5O2.HI/c1-7-22-20(23-14-16(3)26-11-9-25(8-2)10-12-26)24-15-21(6,27)19-13-17(4)28-18(19)5;/h13,16,27H,7-12,14-15H2,1-6H3,(H2,22,23,24);1H. The van der Waals surface area contributed by atoms with Crippen LogP contribution in [0.3, 0.4) is 0 Å². The zero-order valence-electron chi connectivity index (χ0n) is 18.9. The van der Waals surface area contributed by atoms with Gasteiger partial charge in [-0.3, -0.25) is 4.90 Å². The van der Waals surface area contributed by atoms with Gasteiger partial charge in [0, 0.05) is 50.9 Å². The Labute approximate surface area is 193 Å². The molecule has 29 heavy (non-hydrogen) atoms. The SMILES string of the molecule is CCNC(=NCC(C)(O)c1cc(C)oc1C)NCC(C)N1CCN(CC)CC1.I. The molecule has 7 nitrogen and oxygen atoms in total. The zero-order valence-corrected chi connectivity index (χ0v) is 21.2. The van der Waals surface area contributed by atoms with Crippen LogP contribution >= 0.6 is 24.0 Å². The van der Waals surface area contributed by atoms with E-state index >= 15 is 0 Å². The molecule has 0 bridgehead atoms. The fourth-order valence-corrected chi connectivity index (χ4v) is 3.72. The maximum atomic E-state index is 10.9. The van der Waals surface area contributed by atoms with Crippen molar-refractivity contribution in [2.75, 3.05) is 52.4 Å². The van der Waals surface area contributed by atoms with E-state index in [-0.39, 0.29) is 30.5 Å². The highest BCUT2D eigenvalue weighted by Crippen LogP contribution is 2.27. The molecule has 2 atom stereocenters. The van der Waals surface area contributed by atoms with Crippen LogP contribution < -0.4 is 10.6 Å². The van der Waals surface area contributed by atoms with Gasteiger partial charge in [-0.15, -0.1) is 24.0 Å². The van der Waals surface area contributed by atoms with E-state index in [1.165, 1.54) is 0 Å². The molecule has 0 amide bonds. The lowest BCUT2D eigenvalue weighted by molar-refractivity contribution is 0.0656. The van der Waals surface area contributed by atoms with Gasteiger partial charge in [0.1, 0.15) is 17.1 Å². The van der Waals surface area contributed by atoms with Crippen molar-refractivity contribution in [3.05, 3.63) is 23.2 Å². The second kappa shape index (κ2) is 12.1. The molecule has 1 aromatic heterocycles. The molecule has 2 heterocycles. The lowest BCUT2D eigenvalue weighted by Crippen LogP contribution is -2.53. The smallest absolute Gasteiger partial charge is 0.191 e. The van der Waals surface area contributed by atoms with Crippen LogP contribution in [0, 0.1) is 13.8 Å². The summed E-state index contributed by atoms with van der Waals surface area (Å²) in [5, 5.41) is 17.6. The number of guanidine groups is 1. The van der Waals surface area contributed by atoms with Crippen molar-refractivity contribution < 1.29 is 9.52 Å². The van der Waals surface area contributed by atoms with Crippen LogP contribution in [0.5, 0.6) is 0 Å². The van der Waals surface area contributed by atoms with Gasteiger partial charge >= 0.3 is 0 Å². The van der Waals surface area contributed by atoms with Gasteiger partial charge in [-0.2, -0.15) is 0 Å². The molecule has 1 saturated heterocycles. The third-order valence-corrected chi connectivity index (χ3v) is 5.55. The van der Waals surface area contributed by atoms with E-state index in [4.69, 9.17) is 4.42 Å². The van der Waals surface area contributed by atoms with Crippen molar-refractivity contribution in [1.82, 2.24) is 20.4 Å². The number of hydrogen-bond acceptors (Lipinski definition) is 5. The van der Waals surface area contributed by atoms with E-state index < -0.39 is 5.60 Å². The van der Waals surface area contributed by atoms with Crippen molar-refractivity contribution in [2.24, 2.45) is 4.99 Å². The van der Waals surface area contributed by atoms with E-state index in [2.05, 4.69) is 39.3 Å². The van der Waals surface area contributed by atoms with E-state index in [9.17, 15) is 5.11 Å². The van der Waals surface area contributed by atoms with Gasteiger partial charge in [0.2, 0.25) is 0 Å². The quantitative estimate of drug-likeness (QED) is 0.277. The van der Waals surface area contributed by atoms with Crippen LogP contribution in [-0.4, -0.2) is 79.3 Å². The van der Waals surface area contributed by atoms with Gasteiger partial charge in [-0.05, 0) is 47.2 Å². The van der Waals surface area contributed by atoms with Gasteiger partial charge in [-0.25, -0.2) is 4.99 Å². The molecular formula is C21H40IN5O2. The molecule has 0 saturated carbocycles. The molecule has 3 N–H and O–H groups in total. The summed E-state index contributed by atoms with van der Waals surface area (Å²) >= 11 is 0. The molecule has 168 valence electrons. The highest BCUT2D eigenvalue weighted by molar-refractivity contribution is 14.0. The van der Waals surface area contributed by atoms with Crippen molar-refractivity contribution in [1.29, 1.82) is 0 Å². The van der Waals surface area contributed by atoms with Crippen LogP contribution in [0.1, 0.15) is 44.8 Å². The maximum absolute atomic E-state index is 10.9. The molecule has 1 fully saturated rings. The summed E-state index contributed by atoms with van der Waals surface area (Å²) in [5.41, 5.74) is -0.265. The number of piperazine rings is 1. The first kappa shape index (κ1) is 26.2. The summed E-state index contributed by atoms with van der Waals surface area (Å²) in [7, 11) is 0. The third-order valence-electron chi connectivity index (χ3n) is 5.55. The van der Waals surface area contributed by atoms with Crippen molar-refractivity contribution in [2.45, 2.75) is 53.2 Å². The van der Waals surface area contributed by atoms with E-state index in [0.29, 0.717) is 6.04 Å². The van der Waals surface area contributed by atoms with Crippen LogP contribution in [0.4, 0.5) is 0 Å². The minimum Gasteiger partial charge on any atom is -0.466 e. The second-order valence-corrected chi connectivity index (χ2v) is 8.00. The van der Waals surface area contributed by atoms with E-state index in [0.717, 1.165) is 68.9 Å². The van der Waals surface area contributed by atoms with Crippen molar-refractivity contribution >= 4 is 29.9 Å². The lowest BCUT2D eigenvalue weighted by atomic mass is 9.96. The van der Waals surface area contributed by atoms with Gasteiger partial charge in [0.15, 0.2) is 5.96 Å².